The van der Waals surface area contributed by atoms with Crippen LogP contribution >= 0.6 is 0 Å². The van der Waals surface area contributed by atoms with Gasteiger partial charge in [-0.3, -0.25) is 0 Å². The first-order valence-electron chi connectivity index (χ1n) is 8.84. The molecule has 0 atom stereocenters. The molecule has 0 bridgehead atoms. The summed E-state index contributed by atoms with van der Waals surface area (Å²) in [4.78, 5) is 0. The topological polar surface area (TPSA) is 18.5 Å². The predicted molar refractivity (Wildman–Crippen MR) is 110 cm³/mol. The number of hydrogen-bond acceptors (Lipinski definition) is 2. The standard InChI is InChI=1S/C24H26O2/c1-5-25-19(3)23(20(4)26-6-2)17-18-24(21-13-9-7-10-14-21)22-15-11-8-12-16-22/h7-18H,3-6H2,1-2H3. The van der Waals surface area contributed by atoms with Gasteiger partial charge >= 0.3 is 0 Å². The van der Waals surface area contributed by atoms with E-state index in [1.54, 1.807) is 0 Å². The first-order valence-corrected chi connectivity index (χ1v) is 8.84. The molecular formula is C24H26O2. The average molecular weight is 346 g/mol. The van der Waals surface area contributed by atoms with E-state index in [1.165, 1.54) is 0 Å². The summed E-state index contributed by atoms with van der Waals surface area (Å²) in [5.74, 6) is 1.12. The van der Waals surface area contributed by atoms with Gasteiger partial charge in [0.05, 0.1) is 18.8 Å². The molecule has 0 aliphatic heterocycles. The maximum absolute atomic E-state index is 5.58. The molecule has 0 aliphatic rings. The number of ether oxygens (including phenoxy) is 2. The Morgan fingerprint density at radius 1 is 0.731 bits per heavy atom. The molecule has 134 valence electrons. The summed E-state index contributed by atoms with van der Waals surface area (Å²) in [7, 11) is 0. The van der Waals surface area contributed by atoms with Gasteiger partial charge in [0.1, 0.15) is 11.5 Å². The maximum atomic E-state index is 5.58. The van der Waals surface area contributed by atoms with Crippen LogP contribution in [0.4, 0.5) is 0 Å². The Labute approximate surface area is 156 Å². The van der Waals surface area contributed by atoms with E-state index < -0.39 is 0 Å². The van der Waals surface area contributed by atoms with Crippen LogP contribution in [-0.4, -0.2) is 13.2 Å². The molecule has 2 heteroatoms. The van der Waals surface area contributed by atoms with Crippen molar-refractivity contribution in [3.8, 4) is 0 Å². The Kier molecular flexibility index (Phi) is 7.50. The SMILES string of the molecule is C=C(OCC)C(=CC=C(c1ccccc1)c1ccccc1)C(=C)OCC. The first-order chi connectivity index (χ1) is 12.7. The minimum absolute atomic E-state index is 0.545. The second-order valence-corrected chi connectivity index (χ2v) is 5.61. The molecule has 0 radical (unpaired) electrons. The summed E-state index contributed by atoms with van der Waals surface area (Å²) in [6.45, 7) is 13.0. The summed E-state index contributed by atoms with van der Waals surface area (Å²) < 4.78 is 11.2. The third kappa shape index (κ3) is 5.25. The number of rotatable bonds is 9. The zero-order valence-corrected chi connectivity index (χ0v) is 15.6. The quantitative estimate of drug-likeness (QED) is 0.401. The van der Waals surface area contributed by atoms with Crippen molar-refractivity contribution >= 4 is 5.57 Å². The van der Waals surface area contributed by atoms with Crippen molar-refractivity contribution in [2.75, 3.05) is 13.2 Å². The highest BCUT2D eigenvalue weighted by Crippen LogP contribution is 2.25. The van der Waals surface area contributed by atoms with E-state index in [0.717, 1.165) is 22.3 Å². The van der Waals surface area contributed by atoms with Gasteiger partial charge in [0.15, 0.2) is 0 Å². The lowest BCUT2D eigenvalue weighted by molar-refractivity contribution is 0.213. The molecule has 0 aromatic heterocycles. The number of hydrogen-bond donors (Lipinski definition) is 0. The largest absolute Gasteiger partial charge is 0.494 e. The molecule has 0 N–H and O–H groups in total. The Bertz CT molecular complexity index is 722. The Hall–Kier alpha value is -3.00. The second-order valence-electron chi connectivity index (χ2n) is 5.61. The lowest BCUT2D eigenvalue weighted by Gasteiger charge is -2.14. The van der Waals surface area contributed by atoms with Crippen LogP contribution in [0.15, 0.2) is 103 Å². The van der Waals surface area contributed by atoms with Crippen LogP contribution in [-0.2, 0) is 9.47 Å². The third-order valence-electron chi connectivity index (χ3n) is 3.82. The van der Waals surface area contributed by atoms with Crippen LogP contribution in [0.1, 0.15) is 25.0 Å². The number of allylic oxidation sites excluding steroid dienone is 2. The highest BCUT2D eigenvalue weighted by molar-refractivity contribution is 5.81. The maximum Gasteiger partial charge on any atom is 0.123 e. The Balaban J connectivity index is 2.50. The summed E-state index contributed by atoms with van der Waals surface area (Å²) in [5, 5.41) is 0. The molecule has 0 saturated carbocycles. The monoisotopic (exact) mass is 346 g/mol. The lowest BCUT2D eigenvalue weighted by Crippen LogP contribution is -2.01. The van der Waals surface area contributed by atoms with Crippen LogP contribution in [0.25, 0.3) is 5.57 Å². The van der Waals surface area contributed by atoms with Crippen molar-refractivity contribution in [2.24, 2.45) is 0 Å². The summed E-state index contributed by atoms with van der Waals surface area (Å²) in [6, 6.07) is 20.6. The molecule has 2 rings (SSSR count). The molecule has 0 spiro atoms. The van der Waals surface area contributed by atoms with E-state index in [1.807, 2.05) is 56.3 Å². The zero-order chi connectivity index (χ0) is 18.8. The molecule has 0 aliphatic carbocycles. The first kappa shape index (κ1) is 19.3. The summed E-state index contributed by atoms with van der Waals surface area (Å²) >= 11 is 0. The van der Waals surface area contributed by atoms with Crippen molar-refractivity contribution < 1.29 is 9.47 Å². The Morgan fingerprint density at radius 3 is 1.54 bits per heavy atom. The van der Waals surface area contributed by atoms with Gasteiger partial charge in [0.25, 0.3) is 0 Å². The van der Waals surface area contributed by atoms with Crippen molar-refractivity contribution in [3.63, 3.8) is 0 Å². The zero-order valence-electron chi connectivity index (χ0n) is 15.6. The van der Waals surface area contributed by atoms with Crippen molar-refractivity contribution in [3.05, 3.63) is 114 Å². The van der Waals surface area contributed by atoms with Crippen molar-refractivity contribution in [1.29, 1.82) is 0 Å². The molecule has 0 saturated heterocycles. The van der Waals surface area contributed by atoms with Gasteiger partial charge in [-0.25, -0.2) is 0 Å². The van der Waals surface area contributed by atoms with Crippen LogP contribution in [0.2, 0.25) is 0 Å². The molecule has 0 unspecified atom stereocenters. The van der Waals surface area contributed by atoms with Crippen LogP contribution < -0.4 is 0 Å². The van der Waals surface area contributed by atoms with Gasteiger partial charge in [-0.15, -0.1) is 0 Å². The van der Waals surface area contributed by atoms with E-state index >= 15 is 0 Å². The van der Waals surface area contributed by atoms with Gasteiger partial charge in [0.2, 0.25) is 0 Å². The predicted octanol–water partition coefficient (Wildman–Crippen LogP) is 6.15. The van der Waals surface area contributed by atoms with Crippen molar-refractivity contribution in [1.82, 2.24) is 0 Å². The Morgan fingerprint density at radius 2 is 1.15 bits per heavy atom. The molecule has 26 heavy (non-hydrogen) atoms. The average Bonchev–Trinajstić information content (AvgIpc) is 2.67. The van der Waals surface area contributed by atoms with E-state index in [9.17, 15) is 0 Å². The van der Waals surface area contributed by atoms with E-state index in [-0.39, 0.29) is 0 Å². The molecular weight excluding hydrogens is 320 g/mol. The van der Waals surface area contributed by atoms with Gasteiger partial charge in [-0.05, 0) is 36.6 Å². The smallest absolute Gasteiger partial charge is 0.123 e. The third-order valence-corrected chi connectivity index (χ3v) is 3.82. The van der Waals surface area contributed by atoms with E-state index in [4.69, 9.17) is 9.47 Å². The molecule has 2 aromatic carbocycles. The van der Waals surface area contributed by atoms with Gasteiger partial charge in [-0.2, -0.15) is 0 Å². The van der Waals surface area contributed by atoms with Crippen LogP contribution in [0.3, 0.4) is 0 Å². The van der Waals surface area contributed by atoms with Gasteiger partial charge in [0, 0.05) is 0 Å². The molecule has 2 aromatic rings. The van der Waals surface area contributed by atoms with E-state index in [0.29, 0.717) is 24.7 Å². The fraction of sp³-hybridized carbons (Fsp3) is 0.167. The normalized spacial score (nSPS) is 9.77. The summed E-state index contributed by atoms with van der Waals surface area (Å²) in [5.41, 5.74) is 4.15. The molecule has 2 nitrogen and oxygen atoms in total. The highest BCUT2D eigenvalue weighted by Gasteiger charge is 2.10. The van der Waals surface area contributed by atoms with Crippen LogP contribution in [0, 0.1) is 0 Å². The fourth-order valence-electron chi connectivity index (χ4n) is 2.61. The second kappa shape index (κ2) is 10.1. The van der Waals surface area contributed by atoms with Crippen molar-refractivity contribution in [2.45, 2.75) is 13.8 Å². The van der Waals surface area contributed by atoms with Gasteiger partial charge in [-0.1, -0.05) is 79.9 Å². The number of benzene rings is 2. The summed E-state index contributed by atoms with van der Waals surface area (Å²) in [6.07, 6.45) is 4.03. The molecule has 0 heterocycles. The van der Waals surface area contributed by atoms with Crippen LogP contribution in [0.5, 0.6) is 0 Å². The lowest BCUT2D eigenvalue weighted by atomic mass is 9.97. The highest BCUT2D eigenvalue weighted by atomic mass is 16.5. The molecule has 0 fully saturated rings. The molecule has 0 amide bonds. The fourth-order valence-corrected chi connectivity index (χ4v) is 2.61. The minimum Gasteiger partial charge on any atom is -0.494 e. The van der Waals surface area contributed by atoms with E-state index in [2.05, 4.69) is 43.5 Å². The van der Waals surface area contributed by atoms with Gasteiger partial charge < -0.3 is 9.47 Å². The minimum atomic E-state index is 0.545.